The number of phenols is 1. The van der Waals surface area contributed by atoms with Crippen LogP contribution in [0.2, 0.25) is 0 Å². The third-order valence-corrected chi connectivity index (χ3v) is 1.46. The third-order valence-electron chi connectivity index (χ3n) is 1.22. The summed E-state index contributed by atoms with van der Waals surface area (Å²) in [5.74, 6) is -1.46. The number of hydrogen-bond acceptors (Lipinski definition) is 2. The lowest BCUT2D eigenvalue weighted by Gasteiger charge is -1.98. The van der Waals surface area contributed by atoms with Gasteiger partial charge in [0.2, 0.25) is 5.12 Å². The van der Waals surface area contributed by atoms with Crippen LogP contribution >= 0.6 is 12.6 Å². The Labute approximate surface area is 68.1 Å². The van der Waals surface area contributed by atoms with Crippen LogP contribution in [0.4, 0.5) is 4.39 Å². The van der Waals surface area contributed by atoms with Crippen LogP contribution in [0.3, 0.4) is 0 Å². The molecule has 0 atom stereocenters. The van der Waals surface area contributed by atoms with E-state index in [1.54, 1.807) is 0 Å². The van der Waals surface area contributed by atoms with Crippen molar-refractivity contribution < 1.29 is 14.3 Å². The Morgan fingerprint density at radius 2 is 2.18 bits per heavy atom. The molecule has 4 heteroatoms. The molecule has 0 amide bonds. The second-order valence-corrected chi connectivity index (χ2v) is 2.35. The lowest BCUT2D eigenvalue weighted by Crippen LogP contribution is -1.90. The van der Waals surface area contributed by atoms with Crippen molar-refractivity contribution in [3.8, 4) is 5.75 Å². The molecule has 1 aromatic rings. The number of carbonyl (C=O) groups is 1. The zero-order valence-electron chi connectivity index (χ0n) is 5.41. The van der Waals surface area contributed by atoms with Crippen molar-refractivity contribution in [3.05, 3.63) is 29.6 Å². The first kappa shape index (κ1) is 8.07. The Hall–Kier alpha value is -1.03. The van der Waals surface area contributed by atoms with Gasteiger partial charge in [0.15, 0.2) is 11.6 Å². The zero-order chi connectivity index (χ0) is 8.43. The Morgan fingerprint density at radius 1 is 1.55 bits per heavy atom. The molecular formula is C7H5FO2S. The number of phenolic OH excluding ortho intramolecular Hbond substituents is 1. The summed E-state index contributed by atoms with van der Waals surface area (Å²) < 4.78 is 12.5. The maximum atomic E-state index is 12.5. The van der Waals surface area contributed by atoms with E-state index in [1.165, 1.54) is 12.1 Å². The summed E-state index contributed by atoms with van der Waals surface area (Å²) in [5.41, 5.74) is -0.117. The van der Waals surface area contributed by atoms with Crippen LogP contribution in [0.5, 0.6) is 5.75 Å². The van der Waals surface area contributed by atoms with Gasteiger partial charge < -0.3 is 5.11 Å². The first-order valence-corrected chi connectivity index (χ1v) is 3.28. The Morgan fingerprint density at radius 3 is 2.64 bits per heavy atom. The highest BCUT2D eigenvalue weighted by Gasteiger charge is 2.09. The summed E-state index contributed by atoms with van der Waals surface area (Å²) in [6, 6.07) is 3.70. The fraction of sp³-hybridized carbons (Fsp3) is 0. The molecule has 0 unspecified atom stereocenters. The fourth-order valence-electron chi connectivity index (χ4n) is 0.688. The second kappa shape index (κ2) is 2.92. The highest BCUT2D eigenvalue weighted by molar-refractivity contribution is 7.97. The van der Waals surface area contributed by atoms with Gasteiger partial charge in [0, 0.05) is 0 Å². The fourth-order valence-corrected chi connectivity index (χ4v) is 0.868. The quantitative estimate of drug-likeness (QED) is 0.631. The topological polar surface area (TPSA) is 37.3 Å². The predicted molar refractivity (Wildman–Crippen MR) is 41.4 cm³/mol. The summed E-state index contributed by atoms with van der Waals surface area (Å²) >= 11 is 3.44. The molecule has 0 spiro atoms. The van der Waals surface area contributed by atoms with Crippen molar-refractivity contribution in [3.63, 3.8) is 0 Å². The molecule has 11 heavy (non-hydrogen) atoms. The molecule has 0 aliphatic heterocycles. The van der Waals surface area contributed by atoms with E-state index in [0.717, 1.165) is 6.07 Å². The maximum Gasteiger partial charge on any atom is 0.220 e. The van der Waals surface area contributed by atoms with Gasteiger partial charge in [0.1, 0.15) is 0 Å². The molecule has 0 aliphatic carbocycles. The normalized spacial score (nSPS) is 9.64. The predicted octanol–water partition coefficient (Wildman–Crippen LogP) is 1.60. The summed E-state index contributed by atoms with van der Waals surface area (Å²) in [6.07, 6.45) is 0. The third kappa shape index (κ3) is 1.51. The standard InChI is InChI=1S/C7H5FO2S/c8-5-3-1-2-4(6(5)9)7(10)11/h1-3,9H,(H,10,11). The molecule has 1 rings (SSSR count). The van der Waals surface area contributed by atoms with Crippen LogP contribution in [-0.2, 0) is 0 Å². The Bertz CT molecular complexity index is 298. The molecule has 0 bridgehead atoms. The van der Waals surface area contributed by atoms with E-state index in [-0.39, 0.29) is 5.56 Å². The minimum atomic E-state index is -0.815. The average molecular weight is 172 g/mol. The highest BCUT2D eigenvalue weighted by atomic mass is 32.1. The van der Waals surface area contributed by atoms with E-state index in [0.29, 0.717) is 0 Å². The molecule has 1 N–H and O–H groups in total. The number of aromatic hydroxyl groups is 1. The Balaban J connectivity index is 3.27. The monoisotopic (exact) mass is 172 g/mol. The van der Waals surface area contributed by atoms with Gasteiger partial charge >= 0.3 is 0 Å². The molecule has 1 aromatic carbocycles. The van der Waals surface area contributed by atoms with Crippen molar-refractivity contribution in [2.75, 3.05) is 0 Å². The van der Waals surface area contributed by atoms with Gasteiger partial charge in [-0.25, -0.2) is 4.39 Å². The van der Waals surface area contributed by atoms with Gasteiger partial charge in [-0.3, -0.25) is 4.79 Å². The molecule has 0 fully saturated rings. The first-order valence-electron chi connectivity index (χ1n) is 2.83. The van der Waals surface area contributed by atoms with E-state index in [9.17, 15) is 9.18 Å². The van der Waals surface area contributed by atoms with Crippen LogP contribution in [-0.4, -0.2) is 10.2 Å². The van der Waals surface area contributed by atoms with Crippen LogP contribution in [0.1, 0.15) is 10.4 Å². The second-order valence-electron chi connectivity index (χ2n) is 1.94. The summed E-state index contributed by atoms with van der Waals surface area (Å²) in [5, 5.41) is 8.27. The number of hydrogen-bond donors (Lipinski definition) is 2. The molecule has 0 saturated heterocycles. The van der Waals surface area contributed by atoms with Gasteiger partial charge in [-0.2, -0.15) is 0 Å². The minimum absolute atomic E-state index is 0.117. The lowest BCUT2D eigenvalue weighted by molar-refractivity contribution is 0.108. The molecule has 2 nitrogen and oxygen atoms in total. The van der Waals surface area contributed by atoms with Crippen LogP contribution in [0.25, 0.3) is 0 Å². The summed E-state index contributed by atoms with van der Waals surface area (Å²) in [6.45, 7) is 0. The zero-order valence-corrected chi connectivity index (χ0v) is 6.31. The van der Waals surface area contributed by atoms with Crippen LogP contribution < -0.4 is 0 Å². The van der Waals surface area contributed by atoms with E-state index in [1.807, 2.05) is 0 Å². The van der Waals surface area contributed by atoms with Crippen LogP contribution in [0, 0.1) is 5.82 Å². The number of carbonyl (C=O) groups excluding carboxylic acids is 1. The average Bonchev–Trinajstić information content (AvgIpc) is 1.94. The van der Waals surface area contributed by atoms with Gasteiger partial charge in [-0.05, 0) is 12.1 Å². The van der Waals surface area contributed by atoms with Gasteiger partial charge in [0.25, 0.3) is 0 Å². The molecule has 0 aromatic heterocycles. The van der Waals surface area contributed by atoms with Gasteiger partial charge in [-0.1, -0.05) is 6.07 Å². The Kier molecular flexibility index (Phi) is 2.14. The van der Waals surface area contributed by atoms with Gasteiger partial charge in [-0.15, -0.1) is 12.6 Å². The van der Waals surface area contributed by atoms with E-state index < -0.39 is 16.7 Å². The minimum Gasteiger partial charge on any atom is -0.504 e. The van der Waals surface area contributed by atoms with Crippen LogP contribution in [0.15, 0.2) is 18.2 Å². The highest BCUT2D eigenvalue weighted by Crippen LogP contribution is 2.21. The molecule has 0 radical (unpaired) electrons. The summed E-state index contributed by atoms with van der Waals surface area (Å²) in [4.78, 5) is 10.6. The first-order chi connectivity index (χ1) is 5.13. The van der Waals surface area contributed by atoms with Gasteiger partial charge in [0.05, 0.1) is 5.56 Å². The lowest BCUT2D eigenvalue weighted by atomic mass is 10.2. The number of benzene rings is 1. The molecule has 0 aliphatic rings. The molecule has 0 heterocycles. The SMILES string of the molecule is O=C(S)c1cccc(F)c1O. The number of rotatable bonds is 1. The molecular weight excluding hydrogens is 167 g/mol. The number of halogens is 1. The molecule has 0 saturated carbocycles. The van der Waals surface area contributed by atoms with E-state index in [2.05, 4.69) is 12.6 Å². The molecule has 58 valence electrons. The maximum absolute atomic E-state index is 12.5. The largest absolute Gasteiger partial charge is 0.504 e. The van der Waals surface area contributed by atoms with Crippen molar-refractivity contribution in [2.45, 2.75) is 0 Å². The van der Waals surface area contributed by atoms with Crippen molar-refractivity contribution >= 4 is 17.7 Å². The summed E-state index contributed by atoms with van der Waals surface area (Å²) in [7, 11) is 0. The van der Waals surface area contributed by atoms with E-state index in [4.69, 9.17) is 5.11 Å². The number of para-hydroxylation sites is 1. The number of thiol groups is 1. The van der Waals surface area contributed by atoms with Crippen molar-refractivity contribution in [1.82, 2.24) is 0 Å². The van der Waals surface area contributed by atoms with E-state index >= 15 is 0 Å². The smallest absolute Gasteiger partial charge is 0.220 e. The van der Waals surface area contributed by atoms with Crippen molar-refractivity contribution in [2.24, 2.45) is 0 Å². The van der Waals surface area contributed by atoms with Crippen molar-refractivity contribution in [1.29, 1.82) is 0 Å².